The SMILES string of the molecule is CNC(CC1CCCCC1)C1=CCCO1. The molecule has 1 unspecified atom stereocenters. The Bertz CT molecular complexity index is 219. The number of ether oxygens (including phenoxy) is 1. The molecule has 0 aromatic carbocycles. The van der Waals surface area contributed by atoms with Gasteiger partial charge in [-0.3, -0.25) is 0 Å². The van der Waals surface area contributed by atoms with E-state index in [0.717, 1.165) is 18.9 Å². The van der Waals surface area contributed by atoms with Gasteiger partial charge in [0.2, 0.25) is 0 Å². The van der Waals surface area contributed by atoms with Crippen LogP contribution in [-0.2, 0) is 4.74 Å². The molecule has 1 fully saturated rings. The van der Waals surface area contributed by atoms with Crippen LogP contribution in [0.15, 0.2) is 11.8 Å². The highest BCUT2D eigenvalue weighted by Crippen LogP contribution is 2.29. The number of hydrogen-bond donors (Lipinski definition) is 1. The van der Waals surface area contributed by atoms with Crippen molar-refractivity contribution in [2.24, 2.45) is 5.92 Å². The van der Waals surface area contributed by atoms with Crippen LogP contribution in [0.3, 0.4) is 0 Å². The van der Waals surface area contributed by atoms with Crippen LogP contribution in [0.25, 0.3) is 0 Å². The maximum absolute atomic E-state index is 5.65. The molecule has 15 heavy (non-hydrogen) atoms. The Morgan fingerprint density at radius 3 is 2.80 bits per heavy atom. The second kappa shape index (κ2) is 5.55. The molecule has 0 amide bonds. The molecule has 1 saturated carbocycles. The minimum Gasteiger partial charge on any atom is -0.496 e. The highest BCUT2D eigenvalue weighted by molar-refractivity contribution is 5.07. The Morgan fingerprint density at radius 1 is 1.40 bits per heavy atom. The van der Waals surface area contributed by atoms with E-state index in [4.69, 9.17) is 4.74 Å². The van der Waals surface area contributed by atoms with E-state index in [2.05, 4.69) is 18.4 Å². The molecule has 2 rings (SSSR count). The maximum atomic E-state index is 5.65. The van der Waals surface area contributed by atoms with Crippen molar-refractivity contribution in [1.29, 1.82) is 0 Å². The first kappa shape index (κ1) is 11.0. The van der Waals surface area contributed by atoms with Gasteiger partial charge in [-0.25, -0.2) is 0 Å². The predicted octanol–water partition coefficient (Wildman–Crippen LogP) is 2.85. The van der Waals surface area contributed by atoms with Crippen molar-refractivity contribution in [3.8, 4) is 0 Å². The zero-order chi connectivity index (χ0) is 10.5. The highest BCUT2D eigenvalue weighted by atomic mass is 16.5. The molecule has 2 aliphatic rings. The van der Waals surface area contributed by atoms with E-state index in [0.29, 0.717) is 6.04 Å². The van der Waals surface area contributed by atoms with E-state index in [1.165, 1.54) is 44.3 Å². The molecule has 1 N–H and O–H groups in total. The van der Waals surface area contributed by atoms with Gasteiger partial charge >= 0.3 is 0 Å². The van der Waals surface area contributed by atoms with E-state index >= 15 is 0 Å². The summed E-state index contributed by atoms with van der Waals surface area (Å²) in [6.45, 7) is 0.887. The molecular formula is C13H23NO. The van der Waals surface area contributed by atoms with E-state index < -0.39 is 0 Å². The molecule has 1 heterocycles. The van der Waals surface area contributed by atoms with Gasteiger partial charge in [0.25, 0.3) is 0 Å². The summed E-state index contributed by atoms with van der Waals surface area (Å²) in [6.07, 6.45) is 11.8. The fourth-order valence-electron chi connectivity index (χ4n) is 2.81. The van der Waals surface area contributed by atoms with Crippen LogP contribution in [0.5, 0.6) is 0 Å². The summed E-state index contributed by atoms with van der Waals surface area (Å²) in [6, 6.07) is 0.468. The lowest BCUT2D eigenvalue weighted by atomic mass is 9.84. The van der Waals surface area contributed by atoms with Crippen molar-refractivity contribution in [3.05, 3.63) is 11.8 Å². The number of likely N-dealkylation sites (N-methyl/N-ethyl adjacent to an activating group) is 1. The molecule has 1 aliphatic heterocycles. The molecule has 2 nitrogen and oxygen atoms in total. The normalized spacial score (nSPS) is 24.7. The molecule has 1 atom stereocenters. The summed E-state index contributed by atoms with van der Waals surface area (Å²) < 4.78 is 5.65. The predicted molar refractivity (Wildman–Crippen MR) is 62.7 cm³/mol. The molecule has 0 spiro atoms. The molecule has 0 radical (unpaired) electrons. The Labute approximate surface area is 93.1 Å². The van der Waals surface area contributed by atoms with Gasteiger partial charge in [0.15, 0.2) is 0 Å². The van der Waals surface area contributed by atoms with Crippen LogP contribution < -0.4 is 5.32 Å². The molecule has 86 valence electrons. The van der Waals surface area contributed by atoms with Gasteiger partial charge in [-0.05, 0) is 25.5 Å². The number of hydrogen-bond acceptors (Lipinski definition) is 2. The first-order valence-electron chi connectivity index (χ1n) is 6.40. The standard InChI is InChI=1S/C13H23NO/c1-14-12(13-8-5-9-15-13)10-11-6-3-2-4-7-11/h8,11-12,14H,2-7,9-10H2,1H3. The van der Waals surface area contributed by atoms with Gasteiger partial charge in [0, 0.05) is 6.42 Å². The van der Waals surface area contributed by atoms with Crippen LogP contribution >= 0.6 is 0 Å². The van der Waals surface area contributed by atoms with Gasteiger partial charge in [0.1, 0.15) is 5.76 Å². The third-order valence-electron chi connectivity index (χ3n) is 3.72. The third kappa shape index (κ3) is 2.97. The highest BCUT2D eigenvalue weighted by Gasteiger charge is 2.22. The molecule has 1 aliphatic carbocycles. The molecular weight excluding hydrogens is 186 g/mol. The molecule has 0 bridgehead atoms. The lowest BCUT2D eigenvalue weighted by Crippen LogP contribution is -2.30. The summed E-state index contributed by atoms with van der Waals surface area (Å²) in [4.78, 5) is 0. The van der Waals surface area contributed by atoms with Crippen molar-refractivity contribution >= 4 is 0 Å². The lowest BCUT2D eigenvalue weighted by Gasteiger charge is -2.26. The van der Waals surface area contributed by atoms with Gasteiger partial charge in [-0.1, -0.05) is 32.1 Å². The van der Waals surface area contributed by atoms with Crippen molar-refractivity contribution in [3.63, 3.8) is 0 Å². The van der Waals surface area contributed by atoms with E-state index in [1.54, 1.807) is 0 Å². The first-order chi connectivity index (χ1) is 7.40. The third-order valence-corrected chi connectivity index (χ3v) is 3.72. The zero-order valence-corrected chi connectivity index (χ0v) is 9.80. The van der Waals surface area contributed by atoms with Crippen LogP contribution in [0.2, 0.25) is 0 Å². The lowest BCUT2D eigenvalue weighted by molar-refractivity contribution is 0.199. The van der Waals surface area contributed by atoms with Gasteiger partial charge in [-0.15, -0.1) is 0 Å². The molecule has 0 saturated heterocycles. The van der Waals surface area contributed by atoms with Crippen LogP contribution in [0.4, 0.5) is 0 Å². The van der Waals surface area contributed by atoms with E-state index in [1.807, 2.05) is 0 Å². The minimum atomic E-state index is 0.468. The summed E-state index contributed by atoms with van der Waals surface area (Å²) in [5.74, 6) is 2.12. The smallest absolute Gasteiger partial charge is 0.109 e. The van der Waals surface area contributed by atoms with E-state index in [9.17, 15) is 0 Å². The van der Waals surface area contributed by atoms with Crippen molar-refractivity contribution in [2.45, 2.75) is 51.0 Å². The summed E-state index contributed by atoms with van der Waals surface area (Å²) in [5.41, 5.74) is 0. The monoisotopic (exact) mass is 209 g/mol. The summed E-state index contributed by atoms with van der Waals surface area (Å²) >= 11 is 0. The average molecular weight is 209 g/mol. The largest absolute Gasteiger partial charge is 0.496 e. The van der Waals surface area contributed by atoms with Crippen LogP contribution in [0.1, 0.15) is 44.9 Å². The van der Waals surface area contributed by atoms with Gasteiger partial charge < -0.3 is 10.1 Å². The van der Waals surface area contributed by atoms with E-state index in [-0.39, 0.29) is 0 Å². The molecule has 0 aromatic rings. The molecule has 2 heteroatoms. The Balaban J connectivity index is 1.83. The van der Waals surface area contributed by atoms with Crippen molar-refractivity contribution in [1.82, 2.24) is 5.32 Å². The minimum absolute atomic E-state index is 0.468. The average Bonchev–Trinajstić information content (AvgIpc) is 2.81. The second-order valence-corrected chi connectivity index (χ2v) is 4.82. The number of nitrogens with one attached hydrogen (secondary N) is 1. The van der Waals surface area contributed by atoms with Crippen molar-refractivity contribution < 1.29 is 4.74 Å². The topological polar surface area (TPSA) is 21.3 Å². The Morgan fingerprint density at radius 2 is 2.20 bits per heavy atom. The first-order valence-corrected chi connectivity index (χ1v) is 6.40. The second-order valence-electron chi connectivity index (χ2n) is 4.82. The molecule has 0 aromatic heterocycles. The summed E-state index contributed by atoms with van der Waals surface area (Å²) in [5, 5.41) is 3.40. The quantitative estimate of drug-likeness (QED) is 0.768. The summed E-state index contributed by atoms with van der Waals surface area (Å²) in [7, 11) is 2.05. The fraction of sp³-hybridized carbons (Fsp3) is 0.846. The maximum Gasteiger partial charge on any atom is 0.109 e. The fourth-order valence-corrected chi connectivity index (χ4v) is 2.81. The van der Waals surface area contributed by atoms with Gasteiger partial charge in [0.05, 0.1) is 12.6 Å². The Hall–Kier alpha value is -0.500. The van der Waals surface area contributed by atoms with Crippen LogP contribution in [0, 0.1) is 5.92 Å². The van der Waals surface area contributed by atoms with Gasteiger partial charge in [-0.2, -0.15) is 0 Å². The zero-order valence-electron chi connectivity index (χ0n) is 9.80. The number of rotatable bonds is 4. The van der Waals surface area contributed by atoms with Crippen molar-refractivity contribution in [2.75, 3.05) is 13.7 Å². The Kier molecular flexibility index (Phi) is 4.07. The van der Waals surface area contributed by atoms with Crippen LogP contribution in [-0.4, -0.2) is 19.7 Å².